The molecule has 21 nitrogen and oxygen atoms in total. The van der Waals surface area contributed by atoms with Crippen molar-refractivity contribution in [2.45, 2.75) is 157 Å². The molecule has 10 atom stereocenters. The normalized spacial score (nSPS) is 23.2. The summed E-state index contributed by atoms with van der Waals surface area (Å²) in [6.45, 7) is 25.2. The maximum Gasteiger partial charge on any atom is 0.305 e. The predicted molar refractivity (Wildman–Crippen MR) is 401 cm³/mol. The van der Waals surface area contributed by atoms with Gasteiger partial charge in [-0.05, 0) is 150 Å². The molecule has 12 rings (SSSR count). The van der Waals surface area contributed by atoms with E-state index in [2.05, 4.69) is 39.0 Å². The maximum absolute atomic E-state index is 14.6. The molecule has 6 aliphatic rings. The fourth-order valence-electron chi connectivity index (χ4n) is 14.5. The Bertz CT molecular complexity index is 3990. The van der Waals surface area contributed by atoms with Crippen molar-refractivity contribution < 1.29 is 71.3 Å². The molecule has 0 aromatic heterocycles. The second-order valence-electron chi connectivity index (χ2n) is 27.7. The lowest BCUT2D eigenvalue weighted by atomic mass is 9.91. The smallest absolute Gasteiger partial charge is 0.305 e. The van der Waals surface area contributed by atoms with Crippen molar-refractivity contribution in [3.8, 4) is 34.5 Å². The molecule has 0 bridgehead atoms. The summed E-state index contributed by atoms with van der Waals surface area (Å²) in [5.74, 6) is 1.73. The van der Waals surface area contributed by atoms with E-state index in [-0.39, 0.29) is 103 Å². The van der Waals surface area contributed by atoms with E-state index in [1.807, 2.05) is 143 Å². The first-order chi connectivity index (χ1) is 49.9. The summed E-state index contributed by atoms with van der Waals surface area (Å²) in [4.78, 5) is 40.2. The third-order valence-electron chi connectivity index (χ3n) is 20.9. The first kappa shape index (κ1) is 76.8. The van der Waals surface area contributed by atoms with Crippen LogP contribution < -0.4 is 58.1 Å². The number of rotatable bonds is 24. The van der Waals surface area contributed by atoms with Gasteiger partial charge in [-0.2, -0.15) is 15.3 Å². The van der Waals surface area contributed by atoms with E-state index in [4.69, 9.17) is 28.4 Å². The van der Waals surface area contributed by atoms with E-state index in [0.717, 1.165) is 83.5 Å². The first-order valence-electron chi connectivity index (χ1n) is 36.3. The fourth-order valence-corrected chi connectivity index (χ4v) is 14.5. The van der Waals surface area contributed by atoms with E-state index < -0.39 is 17.9 Å². The number of halogens is 3. The van der Waals surface area contributed by atoms with Gasteiger partial charge in [-0.1, -0.05) is 34.6 Å². The van der Waals surface area contributed by atoms with Gasteiger partial charge >= 0.3 is 17.9 Å². The average molecular weight is 1440 g/mol. The molecule has 10 unspecified atom stereocenters. The zero-order valence-electron chi connectivity index (χ0n) is 61.5. The molecule has 6 aromatic carbocycles. The molecule has 6 heterocycles. The number of piperidine rings is 3. The van der Waals surface area contributed by atoms with Gasteiger partial charge in [0, 0.05) is 130 Å². The number of aliphatic carboxylic acids is 3. The Balaban J connectivity index is 0.000000168. The topological polar surface area (TPSA) is 224 Å². The van der Waals surface area contributed by atoms with Gasteiger partial charge in [0.05, 0.1) is 91.8 Å². The largest absolute Gasteiger partial charge is 0.497 e. The third kappa shape index (κ3) is 18.9. The predicted octanol–water partition coefficient (Wildman–Crippen LogP) is 15.3. The fraction of sp³-hybridized carbons (Fsp3) is 0.475. The summed E-state index contributed by atoms with van der Waals surface area (Å²) in [6.07, 6.45) is 4.24. The Hall–Kier alpha value is -9.87. The number of nitrogens with zero attached hydrogens (tertiary/aromatic N) is 9. The minimum absolute atomic E-state index is 0.0158. The molecule has 3 N–H and O–H groups in total. The number of carbonyl (C=O) groups is 3. The molecule has 558 valence electrons. The summed E-state index contributed by atoms with van der Waals surface area (Å²) in [5.41, 5.74) is 7.04. The highest BCUT2D eigenvalue weighted by molar-refractivity contribution is 5.91. The van der Waals surface area contributed by atoms with Crippen LogP contribution in [0.5, 0.6) is 34.5 Å². The monoisotopic (exact) mass is 1440 g/mol. The molecule has 24 heteroatoms. The molecule has 6 aliphatic heterocycles. The average Bonchev–Trinajstić information content (AvgIpc) is 1.53. The van der Waals surface area contributed by atoms with Gasteiger partial charge in [-0.3, -0.25) is 29.4 Å². The number of methoxy groups -OCH3 is 1. The summed E-state index contributed by atoms with van der Waals surface area (Å²) < 4.78 is 78.6. The molecule has 0 saturated carbocycles. The number of anilines is 6. The molecule has 3 saturated heterocycles. The molecule has 3 fully saturated rings. The van der Waals surface area contributed by atoms with Crippen LogP contribution in [0.3, 0.4) is 0 Å². The van der Waals surface area contributed by atoms with E-state index in [1.165, 1.54) is 18.2 Å². The minimum Gasteiger partial charge on any atom is -0.497 e. The van der Waals surface area contributed by atoms with Gasteiger partial charge in [0.2, 0.25) is 0 Å². The highest BCUT2D eigenvalue weighted by atomic mass is 19.1. The van der Waals surface area contributed by atoms with Crippen LogP contribution in [-0.4, -0.2) is 146 Å². The van der Waals surface area contributed by atoms with Crippen LogP contribution >= 0.6 is 0 Å². The van der Waals surface area contributed by atoms with Gasteiger partial charge in [0.15, 0.2) is 0 Å². The lowest BCUT2D eigenvalue weighted by Crippen LogP contribution is -2.45. The summed E-state index contributed by atoms with van der Waals surface area (Å²) >= 11 is 0. The van der Waals surface area contributed by atoms with Crippen LogP contribution in [0.15, 0.2) is 143 Å². The summed E-state index contributed by atoms with van der Waals surface area (Å²) in [7, 11) is 1.58. The van der Waals surface area contributed by atoms with E-state index in [9.17, 15) is 42.9 Å². The van der Waals surface area contributed by atoms with Crippen LogP contribution in [0.1, 0.15) is 121 Å². The number of ether oxygens (including phenoxy) is 6. The van der Waals surface area contributed by atoms with Gasteiger partial charge < -0.3 is 58.4 Å². The SMILES string of the molecule is CCOc1ccc(F)c(N2CCC(Oc3ccc(N4N=C(C)C(C)C4CC(=O)O)cc3)C(C)C2)c1.CCOc1ccc(F)c(N2CCC(Oc3ccc(N4N=C(C)C(C)C4CC(=O)O)cc3)C(CC)C2)c1.COc1ccc(F)c(N2CCC(Oc3ccc(N4N=C(C)C(C)C4CC(=O)O)cc3)CC2)c1. The van der Waals surface area contributed by atoms with Gasteiger partial charge in [-0.15, -0.1) is 0 Å². The molecule has 104 heavy (non-hydrogen) atoms. The van der Waals surface area contributed by atoms with Crippen LogP contribution in [0.2, 0.25) is 0 Å². The highest BCUT2D eigenvalue weighted by Crippen LogP contribution is 2.39. The van der Waals surface area contributed by atoms with Crippen molar-refractivity contribution in [3.05, 3.63) is 145 Å². The number of hydrogen-bond acceptors (Lipinski definition) is 18. The molecular formula is C80H100F3N9O12. The second-order valence-corrected chi connectivity index (χ2v) is 27.7. The van der Waals surface area contributed by atoms with Crippen molar-refractivity contribution in [1.29, 1.82) is 0 Å². The molecule has 0 amide bonds. The zero-order chi connectivity index (χ0) is 74.5. The number of benzene rings is 6. The van der Waals surface area contributed by atoms with Crippen LogP contribution in [-0.2, 0) is 14.4 Å². The van der Waals surface area contributed by atoms with E-state index >= 15 is 0 Å². The summed E-state index contributed by atoms with van der Waals surface area (Å²) in [5, 5.41) is 47.1. The van der Waals surface area contributed by atoms with E-state index in [1.54, 1.807) is 48.5 Å². The number of hydrogen-bond donors (Lipinski definition) is 3. The van der Waals surface area contributed by atoms with Crippen molar-refractivity contribution >= 4 is 69.2 Å². The standard InChI is InChI=1S/C28H36FN3O4.C27H34FN3O4.C25H30FN3O4/c1-5-20-17-31(26-15-23(35-6-2)11-12-24(26)29)14-13-27(20)36-22-9-7-21(8-10-22)32-25(16-28(33)34)18(3)19(4)30-32;1-5-34-22-10-11-23(28)25(14-22)30-13-12-26(17(2)16-30)35-21-8-6-20(7-9-21)31-24(15-27(32)33)18(3)19(4)29-31;1-16-17(2)27-29(23(16)15-25(30)31)18-4-6-19(7-5-18)33-20-10-12-28(13-11-20)24-14-21(32-3)8-9-22(24)26/h7-12,15,18,20,25,27H,5-6,13-14,16-17H2,1-4H3,(H,33,34);6-11,14,17-18,24,26H,5,12-13,15-16H2,1-4H3,(H,32,33);4-9,14,16,20,23H,10-13,15H2,1-3H3,(H,30,31). The Morgan fingerprint density at radius 3 is 1.15 bits per heavy atom. The van der Waals surface area contributed by atoms with Gasteiger partial charge in [0.1, 0.15) is 70.3 Å². The Morgan fingerprint density at radius 2 is 0.779 bits per heavy atom. The molecule has 6 aromatic rings. The summed E-state index contributed by atoms with van der Waals surface area (Å²) in [6, 6.07) is 37.0. The maximum atomic E-state index is 14.6. The number of hydrazone groups is 3. The van der Waals surface area contributed by atoms with Crippen molar-refractivity contribution in [2.75, 3.05) is 89.3 Å². The number of carboxylic acids is 3. The second kappa shape index (κ2) is 35.1. The quantitative estimate of drug-likeness (QED) is 0.0512. The van der Waals surface area contributed by atoms with Crippen molar-refractivity contribution in [2.24, 2.45) is 44.9 Å². The van der Waals surface area contributed by atoms with Crippen LogP contribution in [0.25, 0.3) is 0 Å². The lowest BCUT2D eigenvalue weighted by molar-refractivity contribution is -0.138. The number of carboxylic acid groups (broad SMARTS) is 3. The Morgan fingerprint density at radius 1 is 0.442 bits per heavy atom. The molecule has 0 aliphatic carbocycles. The lowest BCUT2D eigenvalue weighted by Gasteiger charge is -2.39. The van der Waals surface area contributed by atoms with Crippen LogP contribution in [0.4, 0.5) is 47.3 Å². The first-order valence-corrected chi connectivity index (χ1v) is 36.3. The highest BCUT2D eigenvalue weighted by Gasteiger charge is 2.39. The van der Waals surface area contributed by atoms with Gasteiger partial charge in [0.25, 0.3) is 0 Å². The van der Waals surface area contributed by atoms with Gasteiger partial charge in [-0.25, -0.2) is 13.2 Å². The van der Waals surface area contributed by atoms with Crippen molar-refractivity contribution in [1.82, 2.24) is 0 Å². The molecule has 0 spiro atoms. The van der Waals surface area contributed by atoms with E-state index in [0.29, 0.717) is 86.8 Å². The third-order valence-corrected chi connectivity index (χ3v) is 20.9. The Kier molecular flexibility index (Phi) is 25.9. The Labute approximate surface area is 608 Å². The zero-order valence-corrected chi connectivity index (χ0v) is 61.5. The van der Waals surface area contributed by atoms with Crippen molar-refractivity contribution in [3.63, 3.8) is 0 Å². The minimum atomic E-state index is -0.832. The van der Waals surface area contributed by atoms with Crippen LogP contribution in [0, 0.1) is 47.0 Å². The molecule has 0 radical (unpaired) electrons. The molecular weight excluding hydrogens is 1340 g/mol.